The number of primary amides is 1. The number of carbonyl (C=O) groups is 1. The molecular formula is C14H20BrN3OS. The Bertz CT molecular complexity index is 497. The number of thioether (sulfide) groups is 1. The smallest absolute Gasteiger partial charge is 0.237 e. The maximum Gasteiger partial charge on any atom is 0.237 e. The molecule has 1 heterocycles. The van der Waals surface area contributed by atoms with E-state index in [1.807, 2.05) is 26.0 Å². The van der Waals surface area contributed by atoms with Gasteiger partial charge in [-0.25, -0.2) is 4.98 Å². The van der Waals surface area contributed by atoms with Crippen LogP contribution in [0.15, 0.2) is 27.8 Å². The Balaban J connectivity index is 2.07. The van der Waals surface area contributed by atoms with E-state index in [1.54, 1.807) is 18.0 Å². The van der Waals surface area contributed by atoms with Crippen molar-refractivity contribution in [2.75, 3.05) is 0 Å². The fourth-order valence-electron chi connectivity index (χ4n) is 2.70. The number of hydrogen-bond donors (Lipinski definition) is 2. The summed E-state index contributed by atoms with van der Waals surface area (Å²) in [4.78, 5) is 16.2. The highest BCUT2D eigenvalue weighted by Crippen LogP contribution is 2.41. The van der Waals surface area contributed by atoms with Gasteiger partial charge in [0.15, 0.2) is 0 Å². The number of pyridine rings is 1. The number of halogens is 1. The van der Waals surface area contributed by atoms with Crippen molar-refractivity contribution in [2.24, 2.45) is 5.73 Å². The summed E-state index contributed by atoms with van der Waals surface area (Å²) < 4.78 is 0.999. The van der Waals surface area contributed by atoms with Crippen LogP contribution in [0.1, 0.15) is 33.1 Å². The number of amides is 1. The summed E-state index contributed by atoms with van der Waals surface area (Å²) in [5, 5.41) is 4.70. The molecule has 20 heavy (non-hydrogen) atoms. The number of nitrogens with two attached hydrogens (primary N) is 1. The first-order valence-corrected chi connectivity index (χ1v) is 8.45. The van der Waals surface area contributed by atoms with Crippen molar-refractivity contribution in [3.05, 3.63) is 22.8 Å². The zero-order chi connectivity index (χ0) is 14.8. The molecule has 2 rings (SSSR count). The second-order valence-corrected chi connectivity index (χ2v) is 7.66. The Labute approximate surface area is 132 Å². The molecule has 110 valence electrons. The van der Waals surface area contributed by atoms with Crippen LogP contribution < -0.4 is 11.1 Å². The first-order chi connectivity index (χ1) is 9.43. The number of carbonyl (C=O) groups excluding carboxylic acids is 1. The molecule has 1 aromatic heterocycles. The molecular weight excluding hydrogens is 338 g/mol. The van der Waals surface area contributed by atoms with Gasteiger partial charge in [0.05, 0.1) is 5.54 Å². The third-order valence-corrected chi connectivity index (χ3v) is 5.70. The van der Waals surface area contributed by atoms with Crippen molar-refractivity contribution in [1.29, 1.82) is 0 Å². The van der Waals surface area contributed by atoms with Crippen LogP contribution in [0.25, 0.3) is 0 Å². The van der Waals surface area contributed by atoms with Crippen molar-refractivity contribution < 1.29 is 4.79 Å². The SMILES string of the molecule is CC(C)NC1(C(N)=O)CCC(Sc2ncccc2Br)C1. The van der Waals surface area contributed by atoms with Crippen LogP contribution >= 0.6 is 27.7 Å². The largest absolute Gasteiger partial charge is 0.368 e. The van der Waals surface area contributed by atoms with Crippen molar-refractivity contribution in [3.8, 4) is 0 Å². The van der Waals surface area contributed by atoms with Gasteiger partial charge in [-0.2, -0.15) is 0 Å². The lowest BCUT2D eigenvalue weighted by molar-refractivity contribution is -0.124. The zero-order valence-electron chi connectivity index (χ0n) is 11.7. The third-order valence-electron chi connectivity index (χ3n) is 3.51. The van der Waals surface area contributed by atoms with Crippen molar-refractivity contribution in [3.63, 3.8) is 0 Å². The normalized spacial score (nSPS) is 26.1. The van der Waals surface area contributed by atoms with E-state index in [9.17, 15) is 4.79 Å². The molecule has 1 fully saturated rings. The lowest BCUT2D eigenvalue weighted by Gasteiger charge is -2.29. The van der Waals surface area contributed by atoms with Gasteiger partial charge >= 0.3 is 0 Å². The Hall–Kier alpha value is -0.590. The molecule has 1 aliphatic rings. The molecule has 0 aromatic carbocycles. The Morgan fingerprint density at radius 2 is 2.40 bits per heavy atom. The molecule has 4 nitrogen and oxygen atoms in total. The molecule has 0 radical (unpaired) electrons. The van der Waals surface area contributed by atoms with E-state index < -0.39 is 5.54 Å². The minimum Gasteiger partial charge on any atom is -0.368 e. The van der Waals surface area contributed by atoms with E-state index in [0.717, 1.165) is 28.8 Å². The van der Waals surface area contributed by atoms with Gasteiger partial charge in [0.25, 0.3) is 0 Å². The number of rotatable bonds is 5. The number of hydrogen-bond acceptors (Lipinski definition) is 4. The van der Waals surface area contributed by atoms with Crippen molar-refractivity contribution >= 4 is 33.6 Å². The number of nitrogens with one attached hydrogen (secondary N) is 1. The fourth-order valence-corrected chi connectivity index (χ4v) is 4.45. The molecule has 2 atom stereocenters. The quantitative estimate of drug-likeness (QED) is 0.849. The molecule has 1 amide bonds. The second-order valence-electron chi connectivity index (χ2n) is 5.52. The van der Waals surface area contributed by atoms with Gasteiger partial charge in [0.2, 0.25) is 5.91 Å². The van der Waals surface area contributed by atoms with Crippen LogP contribution in [0, 0.1) is 0 Å². The molecule has 0 saturated heterocycles. The lowest BCUT2D eigenvalue weighted by Crippen LogP contribution is -2.56. The van der Waals surface area contributed by atoms with Gasteiger partial charge < -0.3 is 11.1 Å². The monoisotopic (exact) mass is 357 g/mol. The van der Waals surface area contributed by atoms with Crippen molar-refractivity contribution in [2.45, 2.75) is 55.0 Å². The van der Waals surface area contributed by atoms with Crippen LogP contribution in [-0.2, 0) is 4.79 Å². The van der Waals surface area contributed by atoms with Gasteiger partial charge in [-0.05, 0) is 61.2 Å². The molecule has 1 saturated carbocycles. The van der Waals surface area contributed by atoms with Crippen molar-refractivity contribution in [1.82, 2.24) is 10.3 Å². The molecule has 0 bridgehead atoms. The van der Waals surface area contributed by atoms with Crippen LogP contribution in [-0.4, -0.2) is 27.7 Å². The molecule has 1 aliphatic carbocycles. The first kappa shape index (κ1) is 15.8. The molecule has 3 N–H and O–H groups in total. The minimum atomic E-state index is -0.562. The molecule has 0 aliphatic heterocycles. The average molecular weight is 358 g/mol. The first-order valence-electron chi connectivity index (χ1n) is 6.78. The highest BCUT2D eigenvalue weighted by atomic mass is 79.9. The summed E-state index contributed by atoms with van der Waals surface area (Å²) in [5.74, 6) is -0.241. The van der Waals surface area contributed by atoms with Gasteiger partial charge in [0, 0.05) is 22.0 Å². The molecule has 0 spiro atoms. The van der Waals surface area contributed by atoms with Gasteiger partial charge in [0.1, 0.15) is 5.03 Å². The Kier molecular flexibility index (Phi) is 5.09. The summed E-state index contributed by atoms with van der Waals surface area (Å²) in [6.45, 7) is 4.08. The van der Waals surface area contributed by atoms with E-state index >= 15 is 0 Å². The minimum absolute atomic E-state index is 0.241. The summed E-state index contributed by atoms with van der Waals surface area (Å²) in [6.07, 6.45) is 4.31. The van der Waals surface area contributed by atoms with E-state index in [-0.39, 0.29) is 11.9 Å². The van der Waals surface area contributed by atoms with Crippen LogP contribution in [0.3, 0.4) is 0 Å². The highest BCUT2D eigenvalue weighted by molar-refractivity contribution is 9.10. The topological polar surface area (TPSA) is 68.0 Å². The van der Waals surface area contributed by atoms with Crippen LogP contribution in [0.5, 0.6) is 0 Å². The number of aromatic nitrogens is 1. The summed E-state index contributed by atoms with van der Waals surface area (Å²) in [5.41, 5.74) is 5.07. The third kappa shape index (κ3) is 3.54. The fraction of sp³-hybridized carbons (Fsp3) is 0.571. The lowest BCUT2D eigenvalue weighted by atomic mass is 9.96. The summed E-state index contributed by atoms with van der Waals surface area (Å²) in [7, 11) is 0. The van der Waals surface area contributed by atoms with Gasteiger partial charge in [-0.3, -0.25) is 4.79 Å². The molecule has 2 unspecified atom stereocenters. The van der Waals surface area contributed by atoms with E-state index in [1.165, 1.54) is 0 Å². The summed E-state index contributed by atoms with van der Waals surface area (Å²) in [6, 6.07) is 4.13. The Morgan fingerprint density at radius 1 is 1.65 bits per heavy atom. The van der Waals surface area contributed by atoms with E-state index in [2.05, 4.69) is 26.2 Å². The predicted molar refractivity (Wildman–Crippen MR) is 85.6 cm³/mol. The second kappa shape index (κ2) is 6.45. The maximum atomic E-state index is 11.8. The van der Waals surface area contributed by atoms with Gasteiger partial charge in [-0.15, -0.1) is 11.8 Å². The zero-order valence-corrected chi connectivity index (χ0v) is 14.1. The summed E-state index contributed by atoms with van der Waals surface area (Å²) >= 11 is 5.23. The van der Waals surface area contributed by atoms with Crippen LogP contribution in [0.4, 0.5) is 0 Å². The van der Waals surface area contributed by atoms with E-state index in [4.69, 9.17) is 5.73 Å². The average Bonchev–Trinajstić information content (AvgIpc) is 2.76. The molecule has 1 aromatic rings. The predicted octanol–water partition coefficient (Wildman–Crippen LogP) is 2.71. The van der Waals surface area contributed by atoms with E-state index in [0.29, 0.717) is 5.25 Å². The Morgan fingerprint density at radius 3 is 3.00 bits per heavy atom. The van der Waals surface area contributed by atoms with Gasteiger partial charge in [-0.1, -0.05) is 0 Å². The van der Waals surface area contributed by atoms with Crippen LogP contribution in [0.2, 0.25) is 0 Å². The maximum absolute atomic E-state index is 11.8. The molecule has 6 heteroatoms. The highest BCUT2D eigenvalue weighted by Gasteiger charge is 2.44. The number of nitrogens with zero attached hydrogens (tertiary/aromatic N) is 1. The standard InChI is InChI=1S/C14H20BrN3OS/c1-9(2)18-14(13(16)19)6-5-10(8-14)20-12-11(15)4-3-7-17-12/h3-4,7,9-10,18H,5-6,8H2,1-2H3,(H2,16,19).